The molecule has 7 heteroatoms. The van der Waals surface area contributed by atoms with E-state index in [0.717, 1.165) is 11.1 Å². The van der Waals surface area contributed by atoms with E-state index < -0.39 is 23.4 Å². The Morgan fingerprint density at radius 1 is 0.881 bits per heavy atom. The minimum Gasteiger partial charge on any atom is -0.493 e. The summed E-state index contributed by atoms with van der Waals surface area (Å²) in [6.07, 6.45) is 3.79. The number of carbonyl (C=O) groups excluding carboxylic acids is 3. The molecule has 4 aromatic rings. The zero-order valence-corrected chi connectivity index (χ0v) is 23.5. The number of rotatable bonds is 6. The minimum absolute atomic E-state index is 0.290. The van der Waals surface area contributed by atoms with Gasteiger partial charge in [0.2, 0.25) is 5.91 Å². The summed E-state index contributed by atoms with van der Waals surface area (Å²) < 4.78 is 5.88. The SMILES string of the molecule is CCOc1ccccc1C(=O)[C@@H]1[C@@H](C(=O)c2ccccc2Cl)N2C=Cc3ccccc3[C@@H]2[C@]12C(=O)Nc1ccccc12. The summed E-state index contributed by atoms with van der Waals surface area (Å²) in [6.45, 7) is 2.21. The molecule has 42 heavy (non-hydrogen) atoms. The van der Waals surface area contributed by atoms with Crippen LogP contribution in [0.25, 0.3) is 6.08 Å². The Balaban J connectivity index is 1.55. The first kappa shape index (κ1) is 26.2. The Labute approximate surface area is 248 Å². The lowest BCUT2D eigenvalue weighted by Crippen LogP contribution is -2.49. The van der Waals surface area contributed by atoms with Crippen LogP contribution >= 0.6 is 11.6 Å². The van der Waals surface area contributed by atoms with Crippen LogP contribution in [0.5, 0.6) is 5.75 Å². The molecule has 4 aromatic carbocycles. The van der Waals surface area contributed by atoms with Crippen molar-refractivity contribution in [2.75, 3.05) is 11.9 Å². The summed E-state index contributed by atoms with van der Waals surface area (Å²) in [4.78, 5) is 46.2. The van der Waals surface area contributed by atoms with Crippen molar-refractivity contribution in [2.24, 2.45) is 5.92 Å². The van der Waals surface area contributed by atoms with Crippen molar-refractivity contribution in [3.05, 3.63) is 136 Å². The number of amides is 1. The van der Waals surface area contributed by atoms with Crippen LogP contribution in [0.4, 0.5) is 5.69 Å². The second-order valence-corrected chi connectivity index (χ2v) is 11.1. The van der Waals surface area contributed by atoms with Gasteiger partial charge in [0, 0.05) is 17.5 Å². The Hall–Kier alpha value is -4.68. The van der Waals surface area contributed by atoms with E-state index in [4.69, 9.17) is 16.3 Å². The fourth-order valence-corrected chi connectivity index (χ4v) is 7.34. The van der Waals surface area contributed by atoms with Crippen LogP contribution < -0.4 is 10.1 Å². The molecular formula is C35H27ClN2O4. The number of ether oxygens (including phenoxy) is 1. The van der Waals surface area contributed by atoms with Crippen LogP contribution in [0.2, 0.25) is 5.02 Å². The molecule has 0 unspecified atom stereocenters. The fourth-order valence-electron chi connectivity index (χ4n) is 7.11. The molecular weight excluding hydrogens is 548 g/mol. The lowest BCUT2D eigenvalue weighted by Gasteiger charge is -2.38. The van der Waals surface area contributed by atoms with Crippen LogP contribution in [0.1, 0.15) is 50.4 Å². The van der Waals surface area contributed by atoms with Crippen molar-refractivity contribution in [1.29, 1.82) is 0 Å². The maximum absolute atomic E-state index is 15.0. The quantitative estimate of drug-likeness (QED) is 0.259. The topological polar surface area (TPSA) is 75.7 Å². The number of benzene rings is 4. The van der Waals surface area contributed by atoms with Crippen LogP contribution in [0.3, 0.4) is 0 Å². The number of nitrogens with one attached hydrogen (secondary N) is 1. The molecule has 4 atom stereocenters. The van der Waals surface area contributed by atoms with Crippen LogP contribution in [0, 0.1) is 5.92 Å². The molecule has 1 spiro atoms. The first-order valence-corrected chi connectivity index (χ1v) is 14.4. The first-order chi connectivity index (χ1) is 20.5. The number of nitrogens with zero attached hydrogens (tertiary/aromatic N) is 1. The van der Waals surface area contributed by atoms with Crippen molar-refractivity contribution >= 4 is 40.8 Å². The predicted octanol–water partition coefficient (Wildman–Crippen LogP) is 6.72. The molecule has 1 N–H and O–H groups in total. The zero-order valence-electron chi connectivity index (χ0n) is 22.8. The van der Waals surface area contributed by atoms with Gasteiger partial charge in [-0.25, -0.2) is 0 Å². The smallest absolute Gasteiger partial charge is 0.238 e. The monoisotopic (exact) mass is 574 g/mol. The molecule has 3 aliphatic heterocycles. The highest BCUT2D eigenvalue weighted by atomic mass is 35.5. The summed E-state index contributed by atoms with van der Waals surface area (Å²) >= 11 is 6.58. The van der Waals surface area contributed by atoms with Gasteiger partial charge in [0.05, 0.1) is 29.2 Å². The second-order valence-electron chi connectivity index (χ2n) is 10.7. The van der Waals surface area contributed by atoms with Crippen molar-refractivity contribution in [1.82, 2.24) is 4.90 Å². The Kier molecular flexibility index (Phi) is 6.24. The van der Waals surface area contributed by atoms with E-state index in [-0.39, 0.29) is 17.5 Å². The molecule has 3 heterocycles. The number of hydrogen-bond acceptors (Lipinski definition) is 5. The maximum Gasteiger partial charge on any atom is 0.238 e. The molecule has 0 saturated carbocycles. The third kappa shape index (κ3) is 3.61. The fraction of sp³-hybridized carbons (Fsp3) is 0.171. The molecule has 0 radical (unpaired) electrons. The van der Waals surface area contributed by atoms with Gasteiger partial charge < -0.3 is 15.0 Å². The lowest BCUT2D eigenvalue weighted by molar-refractivity contribution is -0.122. The maximum atomic E-state index is 15.0. The zero-order chi connectivity index (χ0) is 29.0. The normalized spacial score (nSPS) is 23.2. The summed E-state index contributed by atoms with van der Waals surface area (Å²) in [5.74, 6) is -1.66. The van der Waals surface area contributed by atoms with Crippen LogP contribution in [-0.4, -0.2) is 35.0 Å². The van der Waals surface area contributed by atoms with E-state index in [0.29, 0.717) is 39.8 Å². The molecule has 1 saturated heterocycles. The van der Waals surface area contributed by atoms with E-state index in [1.165, 1.54) is 0 Å². The van der Waals surface area contributed by atoms with E-state index in [2.05, 4.69) is 5.32 Å². The average Bonchev–Trinajstić information content (AvgIpc) is 3.49. The Bertz CT molecular complexity index is 1800. The van der Waals surface area contributed by atoms with Gasteiger partial charge in [0.15, 0.2) is 11.6 Å². The van der Waals surface area contributed by atoms with Gasteiger partial charge in [-0.2, -0.15) is 0 Å². The minimum atomic E-state index is -1.42. The molecule has 1 amide bonds. The van der Waals surface area contributed by atoms with Crippen molar-refractivity contribution in [2.45, 2.75) is 24.4 Å². The van der Waals surface area contributed by atoms with Crippen molar-refractivity contribution in [3.8, 4) is 5.75 Å². The van der Waals surface area contributed by atoms with Crippen LogP contribution in [-0.2, 0) is 10.2 Å². The van der Waals surface area contributed by atoms with E-state index in [1.54, 1.807) is 48.5 Å². The average molecular weight is 575 g/mol. The standard InChI is InChI=1S/C35H27ClN2O4/c1-2-42-28-18-10-6-14-24(28)31(39)29-30(32(40)23-13-5-8-16-26(23)36)38-20-19-21-11-3-4-12-22(21)33(38)35(29)25-15-7-9-17-27(25)37-34(35)41/h3-20,29-30,33H,2H2,1H3,(H,37,41)/t29-,30-,33+,35+/m0/s1. The van der Waals surface area contributed by atoms with Crippen LogP contribution in [0.15, 0.2) is 103 Å². The third-order valence-electron chi connectivity index (χ3n) is 8.71. The number of para-hydroxylation sites is 2. The van der Waals surface area contributed by atoms with E-state index in [9.17, 15) is 9.59 Å². The number of Topliss-reactive ketones (excluding diaryl/α,β-unsaturated/α-hetero) is 2. The van der Waals surface area contributed by atoms with Gasteiger partial charge in [-0.05, 0) is 60.0 Å². The molecule has 7 rings (SSSR count). The molecule has 1 fully saturated rings. The number of halogens is 1. The highest BCUT2D eigenvalue weighted by Gasteiger charge is 2.71. The number of fused-ring (bicyclic) bond motifs is 6. The van der Waals surface area contributed by atoms with Gasteiger partial charge in [-0.3, -0.25) is 14.4 Å². The Morgan fingerprint density at radius 2 is 1.57 bits per heavy atom. The molecule has 0 bridgehead atoms. The second kappa shape index (κ2) is 10.00. The highest BCUT2D eigenvalue weighted by Crippen LogP contribution is 2.62. The molecule has 0 aliphatic carbocycles. The first-order valence-electron chi connectivity index (χ1n) is 14.0. The Morgan fingerprint density at radius 3 is 2.38 bits per heavy atom. The number of carbonyl (C=O) groups is 3. The molecule has 6 nitrogen and oxygen atoms in total. The summed E-state index contributed by atoms with van der Waals surface area (Å²) in [5, 5.41) is 3.36. The van der Waals surface area contributed by atoms with Gasteiger partial charge in [0.1, 0.15) is 17.2 Å². The molecule has 0 aromatic heterocycles. The lowest BCUT2D eigenvalue weighted by atomic mass is 9.62. The summed E-state index contributed by atoms with van der Waals surface area (Å²) in [6, 6.07) is 27.5. The van der Waals surface area contributed by atoms with Gasteiger partial charge in [0.25, 0.3) is 0 Å². The summed E-state index contributed by atoms with van der Waals surface area (Å²) in [5.41, 5.74) is 2.34. The molecule has 3 aliphatic rings. The highest BCUT2D eigenvalue weighted by molar-refractivity contribution is 6.34. The number of ketones is 2. The van der Waals surface area contributed by atoms with Crippen molar-refractivity contribution < 1.29 is 19.1 Å². The summed E-state index contributed by atoms with van der Waals surface area (Å²) in [7, 11) is 0. The van der Waals surface area contributed by atoms with E-state index in [1.807, 2.05) is 72.6 Å². The van der Waals surface area contributed by atoms with Gasteiger partial charge in [-0.1, -0.05) is 78.3 Å². The third-order valence-corrected chi connectivity index (χ3v) is 9.04. The predicted molar refractivity (Wildman–Crippen MR) is 162 cm³/mol. The largest absolute Gasteiger partial charge is 0.493 e. The van der Waals surface area contributed by atoms with Crippen molar-refractivity contribution in [3.63, 3.8) is 0 Å². The van der Waals surface area contributed by atoms with E-state index >= 15 is 4.79 Å². The number of anilines is 1. The molecule has 208 valence electrons. The van der Waals surface area contributed by atoms with Gasteiger partial charge in [-0.15, -0.1) is 0 Å². The number of hydrogen-bond donors (Lipinski definition) is 1. The van der Waals surface area contributed by atoms with Gasteiger partial charge >= 0.3 is 0 Å².